The molecule has 1 unspecified atom stereocenters. The Kier molecular flexibility index (Phi) is 11.4. The summed E-state index contributed by atoms with van der Waals surface area (Å²) in [6, 6.07) is 22.7. The van der Waals surface area contributed by atoms with Crippen LogP contribution in [-0.2, 0) is 31.7 Å². The molecule has 0 fully saturated rings. The second kappa shape index (κ2) is 15.4. The van der Waals surface area contributed by atoms with E-state index in [-0.39, 0.29) is 36.4 Å². The van der Waals surface area contributed by atoms with E-state index < -0.39 is 41.4 Å². The minimum atomic E-state index is -4.50. The third-order valence-electron chi connectivity index (χ3n) is 7.44. The van der Waals surface area contributed by atoms with Crippen LogP contribution in [0.15, 0.2) is 91.0 Å². The lowest BCUT2D eigenvalue weighted by atomic mass is 9.97. The monoisotopic (exact) mass is 660 g/mol. The van der Waals surface area contributed by atoms with E-state index in [0.717, 1.165) is 17.7 Å². The molecule has 0 heterocycles. The molecule has 8 nitrogen and oxygen atoms in total. The van der Waals surface area contributed by atoms with E-state index >= 15 is 0 Å². The van der Waals surface area contributed by atoms with Crippen molar-refractivity contribution >= 4 is 29.4 Å². The first-order valence-corrected chi connectivity index (χ1v) is 15.1. The molecule has 2 amide bonds. The standard InChI is InChI=1S/C37H35F3N2O6/c1-5-47-36(46)31(26-10-8-9-23(2)19-26)22-48-33(43)21-24-13-18-32(30(20-24)35(45)42(3)4)41-34(44)29-12-7-6-11-28(29)25-14-16-27(17-15-25)37(38,39)40/h6-20,31H,5,21-22H2,1-4H3,(H,41,44). The number of halogens is 3. The van der Waals surface area contributed by atoms with Gasteiger partial charge in [-0.15, -0.1) is 0 Å². The Morgan fingerprint density at radius 2 is 1.54 bits per heavy atom. The molecule has 0 aliphatic heterocycles. The average molecular weight is 661 g/mol. The molecule has 0 radical (unpaired) electrons. The van der Waals surface area contributed by atoms with Crippen molar-refractivity contribution in [1.29, 1.82) is 0 Å². The van der Waals surface area contributed by atoms with E-state index in [2.05, 4.69) is 5.32 Å². The first kappa shape index (κ1) is 35.4. The van der Waals surface area contributed by atoms with Crippen molar-refractivity contribution in [1.82, 2.24) is 4.90 Å². The van der Waals surface area contributed by atoms with Crippen molar-refractivity contribution in [2.24, 2.45) is 0 Å². The summed E-state index contributed by atoms with van der Waals surface area (Å²) in [4.78, 5) is 53.6. The highest BCUT2D eigenvalue weighted by molar-refractivity contribution is 6.11. The Bertz CT molecular complexity index is 1800. The molecular weight excluding hydrogens is 625 g/mol. The molecule has 250 valence electrons. The van der Waals surface area contributed by atoms with Gasteiger partial charge in [0, 0.05) is 19.7 Å². The van der Waals surface area contributed by atoms with Crippen molar-refractivity contribution in [3.63, 3.8) is 0 Å². The number of ether oxygens (including phenoxy) is 2. The molecule has 11 heteroatoms. The van der Waals surface area contributed by atoms with Crippen LogP contribution in [0.4, 0.5) is 18.9 Å². The molecule has 1 atom stereocenters. The van der Waals surface area contributed by atoms with Gasteiger partial charge in [-0.3, -0.25) is 19.2 Å². The Balaban J connectivity index is 1.54. The van der Waals surface area contributed by atoms with Crippen LogP contribution in [0.3, 0.4) is 0 Å². The van der Waals surface area contributed by atoms with Gasteiger partial charge in [0.05, 0.1) is 29.8 Å². The minimum Gasteiger partial charge on any atom is -0.465 e. The molecule has 0 bridgehead atoms. The topological polar surface area (TPSA) is 102 Å². The number of hydrogen-bond donors (Lipinski definition) is 1. The number of nitrogens with one attached hydrogen (secondary N) is 1. The molecule has 0 aromatic heterocycles. The average Bonchev–Trinajstić information content (AvgIpc) is 3.05. The fourth-order valence-corrected chi connectivity index (χ4v) is 5.01. The summed E-state index contributed by atoms with van der Waals surface area (Å²) < 4.78 is 50.0. The number of nitrogens with zero attached hydrogens (tertiary/aromatic N) is 1. The van der Waals surface area contributed by atoms with Crippen LogP contribution >= 0.6 is 0 Å². The van der Waals surface area contributed by atoms with Gasteiger partial charge < -0.3 is 19.7 Å². The van der Waals surface area contributed by atoms with Gasteiger partial charge in [-0.25, -0.2) is 0 Å². The van der Waals surface area contributed by atoms with Crippen LogP contribution in [0.1, 0.15) is 55.8 Å². The maximum absolute atomic E-state index is 13.5. The van der Waals surface area contributed by atoms with Gasteiger partial charge >= 0.3 is 18.1 Å². The third kappa shape index (κ3) is 8.87. The van der Waals surface area contributed by atoms with Gasteiger partial charge in [0.1, 0.15) is 12.5 Å². The number of anilines is 1. The summed E-state index contributed by atoms with van der Waals surface area (Å²) in [6.07, 6.45) is -4.72. The number of hydrogen-bond acceptors (Lipinski definition) is 6. The lowest BCUT2D eigenvalue weighted by molar-refractivity contribution is -0.150. The van der Waals surface area contributed by atoms with Gasteiger partial charge in [0.15, 0.2) is 0 Å². The molecule has 0 spiro atoms. The molecule has 0 aliphatic carbocycles. The highest BCUT2D eigenvalue weighted by Gasteiger charge is 2.30. The lowest BCUT2D eigenvalue weighted by Gasteiger charge is -2.18. The molecule has 0 saturated heterocycles. The fourth-order valence-electron chi connectivity index (χ4n) is 5.01. The molecule has 4 rings (SSSR count). The first-order valence-electron chi connectivity index (χ1n) is 15.1. The summed E-state index contributed by atoms with van der Waals surface area (Å²) in [7, 11) is 3.07. The highest BCUT2D eigenvalue weighted by Crippen LogP contribution is 2.32. The van der Waals surface area contributed by atoms with E-state index in [0.29, 0.717) is 22.3 Å². The number of rotatable bonds is 11. The molecule has 48 heavy (non-hydrogen) atoms. The zero-order chi connectivity index (χ0) is 35.0. The van der Waals surface area contributed by atoms with E-state index in [1.165, 1.54) is 49.3 Å². The predicted molar refractivity (Wildman–Crippen MR) is 175 cm³/mol. The minimum absolute atomic E-state index is 0.106. The van der Waals surface area contributed by atoms with Crippen molar-refractivity contribution in [2.75, 3.05) is 32.6 Å². The fraction of sp³-hybridized carbons (Fsp3) is 0.243. The van der Waals surface area contributed by atoms with Gasteiger partial charge in [0.2, 0.25) is 0 Å². The summed E-state index contributed by atoms with van der Waals surface area (Å²) in [5, 5.41) is 2.74. The molecule has 4 aromatic rings. The van der Waals surface area contributed by atoms with Crippen molar-refractivity contribution in [3.8, 4) is 11.1 Å². The molecule has 0 saturated carbocycles. The molecule has 0 aliphatic rings. The molecule has 4 aromatic carbocycles. The van der Waals surface area contributed by atoms with E-state index in [9.17, 15) is 32.3 Å². The highest BCUT2D eigenvalue weighted by atomic mass is 19.4. The number of benzene rings is 4. The van der Waals surface area contributed by atoms with Crippen LogP contribution in [-0.4, -0.2) is 56.0 Å². The summed E-state index contributed by atoms with van der Waals surface area (Å²) in [6.45, 7) is 3.50. The van der Waals surface area contributed by atoms with Crippen LogP contribution in [0.5, 0.6) is 0 Å². The predicted octanol–water partition coefficient (Wildman–Crippen LogP) is 7.07. The Hall–Kier alpha value is -5.45. The quantitative estimate of drug-likeness (QED) is 0.173. The smallest absolute Gasteiger partial charge is 0.416 e. The maximum Gasteiger partial charge on any atom is 0.416 e. The molecule has 1 N–H and O–H groups in total. The Labute approximate surface area is 276 Å². The van der Waals surface area contributed by atoms with Crippen molar-refractivity contribution in [3.05, 3.63) is 124 Å². The van der Waals surface area contributed by atoms with Gasteiger partial charge in [-0.2, -0.15) is 13.2 Å². The third-order valence-corrected chi connectivity index (χ3v) is 7.44. The van der Waals surface area contributed by atoms with Crippen LogP contribution < -0.4 is 5.32 Å². The SMILES string of the molecule is CCOC(=O)C(COC(=O)Cc1ccc(NC(=O)c2ccccc2-c2ccc(C(F)(F)F)cc2)c(C(=O)N(C)C)c1)c1cccc(C)c1. The van der Waals surface area contributed by atoms with Crippen molar-refractivity contribution < 1.29 is 41.8 Å². The van der Waals surface area contributed by atoms with Crippen LogP contribution in [0, 0.1) is 6.92 Å². The van der Waals surface area contributed by atoms with Gasteiger partial charge in [-0.1, -0.05) is 66.2 Å². The van der Waals surface area contributed by atoms with Gasteiger partial charge in [0.25, 0.3) is 11.8 Å². The van der Waals surface area contributed by atoms with E-state index in [1.807, 2.05) is 19.1 Å². The Morgan fingerprint density at radius 3 is 2.19 bits per heavy atom. The normalized spacial score (nSPS) is 11.7. The summed E-state index contributed by atoms with van der Waals surface area (Å²) in [5.74, 6) is -3.01. The zero-order valence-corrected chi connectivity index (χ0v) is 26.9. The van der Waals surface area contributed by atoms with E-state index in [4.69, 9.17) is 9.47 Å². The van der Waals surface area contributed by atoms with E-state index in [1.54, 1.807) is 43.3 Å². The summed E-state index contributed by atoms with van der Waals surface area (Å²) >= 11 is 0. The second-order valence-corrected chi connectivity index (χ2v) is 11.2. The summed E-state index contributed by atoms with van der Waals surface area (Å²) in [5.41, 5.74) is 2.45. The number of carbonyl (C=O) groups is 4. The van der Waals surface area contributed by atoms with Crippen LogP contribution in [0.25, 0.3) is 11.1 Å². The maximum atomic E-state index is 13.5. The number of alkyl halides is 3. The number of esters is 2. The number of amides is 2. The second-order valence-electron chi connectivity index (χ2n) is 11.2. The first-order chi connectivity index (χ1) is 22.8. The van der Waals surface area contributed by atoms with Crippen molar-refractivity contribution in [2.45, 2.75) is 32.4 Å². The lowest BCUT2D eigenvalue weighted by Crippen LogP contribution is -2.25. The largest absolute Gasteiger partial charge is 0.465 e. The number of aryl methyl sites for hydroxylation is 1. The van der Waals surface area contributed by atoms with Crippen LogP contribution in [0.2, 0.25) is 0 Å². The number of carbonyl (C=O) groups excluding carboxylic acids is 4. The van der Waals surface area contributed by atoms with Gasteiger partial charge in [-0.05, 0) is 66.4 Å². The zero-order valence-electron chi connectivity index (χ0n) is 26.9. The Morgan fingerprint density at radius 1 is 0.833 bits per heavy atom. The molecular formula is C37H35F3N2O6.